The van der Waals surface area contributed by atoms with Crippen molar-refractivity contribution in [2.75, 3.05) is 97.0 Å². The molecule has 2 aromatic heterocycles. The number of sulfone groups is 4. The number of benzene rings is 4. The van der Waals surface area contributed by atoms with Gasteiger partial charge in [0.25, 0.3) is 0 Å². The quantitative estimate of drug-likeness (QED) is 0.156. The third-order valence-electron chi connectivity index (χ3n) is 12.0. The average Bonchev–Trinajstić information content (AvgIpc) is 3.91. The molecule has 0 N–H and O–H groups in total. The Hall–Kier alpha value is -6.17. The second-order valence-electron chi connectivity index (χ2n) is 17.2. The fraction of sp³-hybridized carbons (Fsp3) is 0.311. The van der Waals surface area contributed by atoms with Crippen LogP contribution in [-0.4, -0.2) is 136 Å². The molecule has 2 aliphatic heterocycles. The summed E-state index contributed by atoms with van der Waals surface area (Å²) in [6, 6.07) is 12.8. The SMILES string of the molecule is Cc1cnn(-c2c(C(=O)c3cc(S(C)(=O)=O)cc(N4CCN(c5ccc(S(C)(=O)=O)cc5F)CC4)c3-n3cc(C)cn3)cc(S(C)(=O)=O)cc2N2CCN(c3ccc(S(C)(=O)=O)cc3F)CC2)c1. The van der Waals surface area contributed by atoms with E-state index in [9.17, 15) is 33.7 Å². The molecule has 0 saturated carbocycles. The molecule has 8 rings (SSSR count). The van der Waals surface area contributed by atoms with Gasteiger partial charge in [-0.05, 0) is 85.6 Å². The molecular weight excluding hydrogens is 963 g/mol. The van der Waals surface area contributed by atoms with Crippen LogP contribution in [0.5, 0.6) is 0 Å². The number of carbonyl (C=O) groups excluding carboxylic acids is 1. The molecule has 2 saturated heterocycles. The summed E-state index contributed by atoms with van der Waals surface area (Å²) in [6.45, 7) is 5.24. The molecule has 68 heavy (non-hydrogen) atoms. The standard InChI is InChI=1S/C45H48F2N8O9S4/c1-29-25-48-54(27-29)43-35(19-33(67(5,61)62)23-41(43)52-15-11-50(12-16-52)39-9-7-31(21-37(39)46)65(3,57)58)45(56)36-20-34(68(6,63)64)24-42(44(36)55-28-30(2)26-49-55)53-17-13-51(14-18-53)40-10-8-32(22-38(40)47)66(4,59)60/h7-10,19-28H,11-18H2,1-6H3. The van der Waals surface area contributed by atoms with Gasteiger partial charge in [-0.25, -0.2) is 51.8 Å². The number of nitrogens with zero attached hydrogens (tertiary/aromatic N) is 8. The van der Waals surface area contributed by atoms with E-state index < -0.39 is 56.8 Å². The first-order valence-electron chi connectivity index (χ1n) is 21.1. The van der Waals surface area contributed by atoms with Crippen molar-refractivity contribution in [2.24, 2.45) is 0 Å². The van der Waals surface area contributed by atoms with Gasteiger partial charge in [0.2, 0.25) is 0 Å². The molecule has 2 fully saturated rings. The van der Waals surface area contributed by atoms with Gasteiger partial charge in [-0.2, -0.15) is 10.2 Å². The Bertz CT molecular complexity index is 3240. The molecule has 0 radical (unpaired) electrons. The molecule has 0 atom stereocenters. The highest BCUT2D eigenvalue weighted by Gasteiger charge is 2.33. The van der Waals surface area contributed by atoms with E-state index >= 15 is 13.6 Å². The monoisotopic (exact) mass is 1010 g/mol. The molecule has 360 valence electrons. The minimum absolute atomic E-state index is 0.129. The molecule has 0 unspecified atom stereocenters. The van der Waals surface area contributed by atoms with Crippen LogP contribution in [0.2, 0.25) is 0 Å². The summed E-state index contributed by atoms with van der Waals surface area (Å²) >= 11 is 0. The Morgan fingerprint density at radius 1 is 0.456 bits per heavy atom. The normalized spacial score (nSPS) is 15.3. The van der Waals surface area contributed by atoms with Crippen LogP contribution in [0, 0.1) is 25.5 Å². The number of rotatable bonds is 12. The van der Waals surface area contributed by atoms with Gasteiger partial charge in [0.1, 0.15) is 11.6 Å². The van der Waals surface area contributed by atoms with Crippen molar-refractivity contribution < 1.29 is 47.2 Å². The van der Waals surface area contributed by atoms with Crippen molar-refractivity contribution in [1.82, 2.24) is 19.6 Å². The van der Waals surface area contributed by atoms with Crippen LogP contribution in [-0.2, 0) is 39.3 Å². The summed E-state index contributed by atoms with van der Waals surface area (Å²) in [5, 5.41) is 9.11. The molecule has 2 aliphatic rings. The molecule has 4 heterocycles. The largest absolute Gasteiger partial charge is 0.366 e. The van der Waals surface area contributed by atoms with Crippen LogP contribution < -0.4 is 19.6 Å². The van der Waals surface area contributed by atoms with Crippen LogP contribution in [0.3, 0.4) is 0 Å². The van der Waals surface area contributed by atoms with Crippen molar-refractivity contribution in [3.63, 3.8) is 0 Å². The van der Waals surface area contributed by atoms with E-state index in [1.807, 2.05) is 9.80 Å². The summed E-state index contributed by atoms with van der Waals surface area (Å²) in [5.41, 5.74) is 2.51. The van der Waals surface area contributed by atoms with Crippen molar-refractivity contribution in [1.29, 1.82) is 0 Å². The number of halogens is 2. The molecular formula is C45H48F2N8O9S4. The Labute approximate surface area is 393 Å². The van der Waals surface area contributed by atoms with Crippen LogP contribution in [0.15, 0.2) is 105 Å². The summed E-state index contributed by atoms with van der Waals surface area (Å²) in [6.07, 6.45) is 10.4. The molecule has 0 spiro atoms. The lowest BCUT2D eigenvalue weighted by Gasteiger charge is -2.39. The highest BCUT2D eigenvalue weighted by atomic mass is 32.2. The van der Waals surface area contributed by atoms with E-state index in [1.54, 1.807) is 48.4 Å². The van der Waals surface area contributed by atoms with E-state index in [0.29, 0.717) is 22.5 Å². The van der Waals surface area contributed by atoms with Crippen LogP contribution in [0.1, 0.15) is 27.0 Å². The zero-order valence-corrected chi connectivity index (χ0v) is 41.1. The number of ketones is 1. The van der Waals surface area contributed by atoms with E-state index in [1.165, 1.54) is 57.9 Å². The van der Waals surface area contributed by atoms with Gasteiger partial charge in [0, 0.05) is 89.8 Å². The van der Waals surface area contributed by atoms with Gasteiger partial charge in [0.05, 0.1) is 77.2 Å². The molecule has 0 amide bonds. The van der Waals surface area contributed by atoms with Gasteiger partial charge in [-0.1, -0.05) is 0 Å². The number of aromatic nitrogens is 4. The smallest absolute Gasteiger partial charge is 0.197 e. The van der Waals surface area contributed by atoms with Crippen LogP contribution in [0.25, 0.3) is 11.4 Å². The second-order valence-corrected chi connectivity index (χ2v) is 25.3. The topological polar surface area (TPSA) is 202 Å². The van der Waals surface area contributed by atoms with Crippen molar-refractivity contribution >= 4 is 67.9 Å². The molecule has 4 aromatic carbocycles. The predicted octanol–water partition coefficient (Wildman–Crippen LogP) is 4.45. The number of hydrogen-bond donors (Lipinski definition) is 0. The lowest BCUT2D eigenvalue weighted by atomic mass is 9.97. The number of hydrogen-bond acceptors (Lipinski definition) is 15. The Morgan fingerprint density at radius 3 is 1.03 bits per heavy atom. The maximum absolute atomic E-state index is 15.7. The molecule has 6 aromatic rings. The predicted molar refractivity (Wildman–Crippen MR) is 254 cm³/mol. The third-order valence-corrected chi connectivity index (χ3v) is 16.4. The highest BCUT2D eigenvalue weighted by Crippen LogP contribution is 2.39. The highest BCUT2D eigenvalue weighted by molar-refractivity contribution is 7.91. The first-order chi connectivity index (χ1) is 31.8. The minimum atomic E-state index is -4.03. The number of aryl methyl sites for hydroxylation is 2. The molecule has 0 aliphatic carbocycles. The van der Waals surface area contributed by atoms with Crippen molar-refractivity contribution in [2.45, 2.75) is 33.4 Å². The second kappa shape index (κ2) is 17.7. The van der Waals surface area contributed by atoms with E-state index in [-0.39, 0.29) is 106 Å². The number of carbonyl (C=O) groups is 1. The lowest BCUT2D eigenvalue weighted by Crippen LogP contribution is -2.47. The molecule has 0 bridgehead atoms. The lowest BCUT2D eigenvalue weighted by molar-refractivity contribution is 0.103. The van der Waals surface area contributed by atoms with Gasteiger partial charge in [0.15, 0.2) is 45.1 Å². The maximum atomic E-state index is 15.7. The fourth-order valence-corrected chi connectivity index (χ4v) is 11.0. The summed E-state index contributed by atoms with van der Waals surface area (Å²) in [7, 11) is -15.4. The van der Waals surface area contributed by atoms with Gasteiger partial charge < -0.3 is 19.6 Å². The maximum Gasteiger partial charge on any atom is 0.197 e. The Morgan fingerprint density at radius 2 is 0.765 bits per heavy atom. The molecule has 23 heteroatoms. The third kappa shape index (κ3) is 9.74. The number of anilines is 4. The summed E-state index contributed by atoms with van der Waals surface area (Å²) in [4.78, 5) is 22.2. The van der Waals surface area contributed by atoms with E-state index in [2.05, 4.69) is 10.2 Å². The van der Waals surface area contributed by atoms with Crippen LogP contribution in [0.4, 0.5) is 31.5 Å². The first kappa shape index (κ1) is 48.3. The Kier molecular flexibility index (Phi) is 12.6. The van der Waals surface area contributed by atoms with Crippen molar-refractivity contribution in [3.05, 3.63) is 119 Å². The fourth-order valence-electron chi connectivity index (χ4n) is 8.47. The van der Waals surface area contributed by atoms with E-state index in [0.717, 1.165) is 37.2 Å². The summed E-state index contributed by atoms with van der Waals surface area (Å²) < 4.78 is 136. The van der Waals surface area contributed by atoms with E-state index in [4.69, 9.17) is 0 Å². The van der Waals surface area contributed by atoms with Crippen molar-refractivity contribution in [3.8, 4) is 11.4 Å². The first-order valence-corrected chi connectivity index (χ1v) is 28.7. The number of piperazine rings is 2. The minimum Gasteiger partial charge on any atom is -0.366 e. The van der Waals surface area contributed by atoms with Crippen LogP contribution >= 0.6 is 0 Å². The molecule has 17 nitrogen and oxygen atoms in total. The summed E-state index contributed by atoms with van der Waals surface area (Å²) in [5.74, 6) is -2.21. The zero-order chi connectivity index (χ0) is 49.2. The van der Waals surface area contributed by atoms with Gasteiger partial charge >= 0.3 is 0 Å². The van der Waals surface area contributed by atoms with Gasteiger partial charge in [-0.15, -0.1) is 0 Å². The Balaban J connectivity index is 1.25. The zero-order valence-electron chi connectivity index (χ0n) is 37.9. The van der Waals surface area contributed by atoms with Gasteiger partial charge in [-0.3, -0.25) is 4.79 Å². The average molecular weight is 1010 g/mol.